The number of pyridine rings is 2. The Labute approximate surface area is 89.0 Å². The molecule has 2 heterocycles. The minimum absolute atomic E-state index is 0.483. The quantitative estimate of drug-likeness (QED) is 0.617. The normalized spacial score (nSPS) is 9.36. The summed E-state index contributed by atoms with van der Waals surface area (Å²) in [6.45, 7) is 4.25. The molecule has 0 bridgehead atoms. The maximum absolute atomic E-state index is 5.67. The van der Waals surface area contributed by atoms with Crippen LogP contribution in [0.15, 0.2) is 30.5 Å². The minimum atomic E-state index is 0.483. The fourth-order valence-electron chi connectivity index (χ4n) is 0.930. The number of rotatable bonds is 0. The Morgan fingerprint density at radius 2 is 1.93 bits per heavy atom. The first-order chi connectivity index (χ1) is 6.77. The lowest BCUT2D eigenvalue weighted by molar-refractivity contribution is 1.09. The van der Waals surface area contributed by atoms with E-state index < -0.39 is 0 Å². The van der Waals surface area contributed by atoms with Gasteiger partial charge in [0.25, 0.3) is 0 Å². The maximum Gasteiger partial charge on any atom is 0.160 e. The highest BCUT2D eigenvalue weighted by molar-refractivity contribution is 6.29. The van der Waals surface area contributed by atoms with Gasteiger partial charge < -0.3 is 0 Å². The summed E-state index contributed by atoms with van der Waals surface area (Å²) in [5.74, 6) is 0. The second kappa shape index (κ2) is 5.55. The van der Waals surface area contributed by atoms with Crippen LogP contribution in [0.25, 0.3) is 11.0 Å². The van der Waals surface area contributed by atoms with Gasteiger partial charge in [-0.1, -0.05) is 31.9 Å². The van der Waals surface area contributed by atoms with Gasteiger partial charge in [-0.2, -0.15) is 0 Å². The van der Waals surface area contributed by atoms with E-state index in [2.05, 4.69) is 23.8 Å². The van der Waals surface area contributed by atoms with E-state index in [0.29, 0.717) is 10.8 Å². The van der Waals surface area contributed by atoms with Crippen molar-refractivity contribution in [1.29, 1.82) is 0 Å². The van der Waals surface area contributed by atoms with Crippen LogP contribution < -0.4 is 0 Å². The van der Waals surface area contributed by atoms with Crippen LogP contribution in [-0.4, -0.2) is 9.97 Å². The van der Waals surface area contributed by atoms with Crippen LogP contribution in [0.4, 0.5) is 0 Å². The van der Waals surface area contributed by atoms with E-state index in [4.69, 9.17) is 11.6 Å². The van der Waals surface area contributed by atoms with Gasteiger partial charge in [-0.05, 0) is 24.3 Å². The van der Waals surface area contributed by atoms with Crippen LogP contribution in [0, 0.1) is 0 Å². The molecular weight excluding hydrogens is 196 g/mol. The monoisotopic (exact) mass is 208 g/mol. The molecule has 2 nitrogen and oxygen atoms in total. The Kier molecular flexibility index (Phi) is 4.33. The summed E-state index contributed by atoms with van der Waals surface area (Å²) in [6, 6.07) is 7.48. The van der Waals surface area contributed by atoms with Gasteiger partial charge >= 0.3 is 0 Å². The van der Waals surface area contributed by atoms with E-state index in [1.807, 2.05) is 18.2 Å². The third-order valence-corrected chi connectivity index (χ3v) is 1.64. The van der Waals surface area contributed by atoms with Gasteiger partial charge in [0.2, 0.25) is 0 Å². The molecule has 0 fully saturated rings. The molecule has 2 aromatic rings. The van der Waals surface area contributed by atoms with Crippen LogP contribution >= 0.6 is 11.6 Å². The summed E-state index contributed by atoms with van der Waals surface area (Å²) in [7, 11) is 0. The molecule has 0 aliphatic heterocycles. The number of halogens is 1. The van der Waals surface area contributed by atoms with Crippen molar-refractivity contribution >= 4 is 22.6 Å². The summed E-state index contributed by atoms with van der Waals surface area (Å²) >= 11 is 5.67. The van der Waals surface area contributed by atoms with Crippen molar-refractivity contribution in [3.05, 3.63) is 35.6 Å². The minimum Gasteiger partial charge on any atom is -0.237 e. The molecule has 0 atom stereocenters. The molecule has 14 heavy (non-hydrogen) atoms. The van der Waals surface area contributed by atoms with Gasteiger partial charge in [0.15, 0.2) is 5.65 Å². The van der Waals surface area contributed by atoms with Crippen LogP contribution in [0.1, 0.15) is 20.3 Å². The van der Waals surface area contributed by atoms with E-state index in [9.17, 15) is 0 Å². The zero-order chi connectivity index (χ0) is 10.4. The Balaban J connectivity index is 0.000000293. The molecule has 0 unspecified atom stereocenters. The first-order valence-corrected chi connectivity index (χ1v) is 5.03. The molecule has 0 amide bonds. The second-order valence-electron chi connectivity index (χ2n) is 2.89. The molecule has 0 saturated carbocycles. The third-order valence-electron chi connectivity index (χ3n) is 1.43. The van der Waals surface area contributed by atoms with Gasteiger partial charge in [0.1, 0.15) is 5.15 Å². The summed E-state index contributed by atoms with van der Waals surface area (Å²) in [5.41, 5.74) is 0.694. The van der Waals surface area contributed by atoms with E-state index in [1.165, 1.54) is 6.42 Å². The number of hydrogen-bond acceptors (Lipinski definition) is 2. The zero-order valence-electron chi connectivity index (χ0n) is 8.37. The third kappa shape index (κ3) is 2.96. The van der Waals surface area contributed by atoms with E-state index in [0.717, 1.165) is 5.39 Å². The molecule has 0 N–H and O–H groups in total. The van der Waals surface area contributed by atoms with E-state index in [1.54, 1.807) is 12.3 Å². The molecule has 3 heteroatoms. The largest absolute Gasteiger partial charge is 0.237 e. The Hall–Kier alpha value is -1.15. The molecule has 0 saturated heterocycles. The predicted octanol–water partition coefficient (Wildman–Crippen LogP) is 3.70. The number of fused-ring (bicyclic) bond motifs is 1. The maximum atomic E-state index is 5.67. The zero-order valence-corrected chi connectivity index (χ0v) is 9.12. The molecule has 2 rings (SSSR count). The highest BCUT2D eigenvalue weighted by Crippen LogP contribution is 2.11. The lowest BCUT2D eigenvalue weighted by atomic mass is 10.3. The van der Waals surface area contributed by atoms with Crippen LogP contribution in [0.3, 0.4) is 0 Å². The van der Waals surface area contributed by atoms with Gasteiger partial charge in [-0.3, -0.25) is 0 Å². The van der Waals surface area contributed by atoms with E-state index in [-0.39, 0.29) is 0 Å². The first-order valence-electron chi connectivity index (χ1n) is 4.65. The molecule has 74 valence electrons. The lowest BCUT2D eigenvalue weighted by Gasteiger charge is -1.93. The van der Waals surface area contributed by atoms with Gasteiger partial charge in [-0.25, -0.2) is 9.97 Å². The predicted molar refractivity (Wildman–Crippen MR) is 60.5 cm³/mol. The van der Waals surface area contributed by atoms with Crippen molar-refractivity contribution in [3.63, 3.8) is 0 Å². The fourth-order valence-corrected chi connectivity index (χ4v) is 1.07. The van der Waals surface area contributed by atoms with Crippen molar-refractivity contribution in [2.75, 3.05) is 0 Å². The van der Waals surface area contributed by atoms with Gasteiger partial charge in [0.05, 0.1) is 0 Å². The highest BCUT2D eigenvalue weighted by atomic mass is 35.5. The van der Waals surface area contributed by atoms with Gasteiger partial charge in [0, 0.05) is 11.6 Å². The molecule has 2 aromatic heterocycles. The van der Waals surface area contributed by atoms with Crippen molar-refractivity contribution in [3.8, 4) is 0 Å². The van der Waals surface area contributed by atoms with Crippen molar-refractivity contribution in [2.45, 2.75) is 20.3 Å². The Morgan fingerprint density at radius 1 is 1.21 bits per heavy atom. The first kappa shape index (κ1) is 10.9. The summed E-state index contributed by atoms with van der Waals surface area (Å²) in [6.07, 6.45) is 2.95. The molecular formula is C11H13ClN2. The smallest absolute Gasteiger partial charge is 0.160 e. The standard InChI is InChI=1S/C8H5ClN2.C3H8/c9-7-4-3-6-2-1-5-10-8(6)11-7;1-3-2/h1-5H;3H2,1-2H3. The molecule has 0 spiro atoms. The van der Waals surface area contributed by atoms with Crippen molar-refractivity contribution in [2.24, 2.45) is 0 Å². The average molecular weight is 209 g/mol. The van der Waals surface area contributed by atoms with Crippen molar-refractivity contribution in [1.82, 2.24) is 9.97 Å². The van der Waals surface area contributed by atoms with Crippen LogP contribution in [-0.2, 0) is 0 Å². The Bertz CT molecular complexity index is 401. The molecule has 0 radical (unpaired) electrons. The molecule has 0 aromatic carbocycles. The number of hydrogen-bond donors (Lipinski definition) is 0. The number of aromatic nitrogens is 2. The van der Waals surface area contributed by atoms with Crippen LogP contribution in [0.5, 0.6) is 0 Å². The highest BCUT2D eigenvalue weighted by Gasteiger charge is 1.93. The fraction of sp³-hybridized carbons (Fsp3) is 0.273. The molecule has 0 aliphatic carbocycles. The topological polar surface area (TPSA) is 25.8 Å². The van der Waals surface area contributed by atoms with Crippen molar-refractivity contribution < 1.29 is 0 Å². The lowest BCUT2D eigenvalue weighted by Crippen LogP contribution is -1.81. The van der Waals surface area contributed by atoms with Gasteiger partial charge in [-0.15, -0.1) is 0 Å². The summed E-state index contributed by atoms with van der Waals surface area (Å²) in [4.78, 5) is 8.08. The summed E-state index contributed by atoms with van der Waals surface area (Å²) in [5, 5.41) is 1.49. The van der Waals surface area contributed by atoms with Crippen LogP contribution in [0.2, 0.25) is 5.15 Å². The Morgan fingerprint density at radius 3 is 2.64 bits per heavy atom. The molecule has 0 aliphatic rings. The SMILES string of the molecule is CCC.Clc1ccc2cccnc2n1. The average Bonchev–Trinajstić information content (AvgIpc) is 2.19. The van der Waals surface area contributed by atoms with E-state index >= 15 is 0 Å². The number of nitrogens with zero attached hydrogens (tertiary/aromatic N) is 2. The summed E-state index contributed by atoms with van der Waals surface area (Å²) < 4.78 is 0. The second-order valence-corrected chi connectivity index (χ2v) is 3.28.